The van der Waals surface area contributed by atoms with Crippen molar-refractivity contribution in [1.82, 2.24) is 19.4 Å². The van der Waals surface area contributed by atoms with E-state index in [4.69, 9.17) is 4.98 Å². The van der Waals surface area contributed by atoms with E-state index in [0.29, 0.717) is 0 Å². The molecule has 0 N–H and O–H groups in total. The fourth-order valence-corrected chi connectivity index (χ4v) is 3.90. The van der Waals surface area contributed by atoms with Crippen LogP contribution >= 0.6 is 0 Å². The van der Waals surface area contributed by atoms with E-state index in [1.807, 2.05) is 18.5 Å². The molecule has 0 spiro atoms. The molecular weight excluding hydrogens is 346 g/mol. The van der Waals surface area contributed by atoms with Crippen LogP contribution in [-0.4, -0.2) is 32.6 Å². The van der Waals surface area contributed by atoms with Crippen LogP contribution in [-0.2, 0) is 19.6 Å². The summed E-state index contributed by atoms with van der Waals surface area (Å²) in [7, 11) is 0. The Kier molecular flexibility index (Phi) is 4.51. The number of nitrogens with zero attached hydrogens (tertiary/aromatic N) is 5. The van der Waals surface area contributed by atoms with Crippen molar-refractivity contribution in [2.45, 2.75) is 19.6 Å². The Hall–Kier alpha value is -3.18. The Bertz CT molecular complexity index is 1060. The van der Waals surface area contributed by atoms with Gasteiger partial charge in [0, 0.05) is 25.5 Å². The van der Waals surface area contributed by atoms with Crippen molar-refractivity contribution in [2.24, 2.45) is 0 Å². The van der Waals surface area contributed by atoms with Gasteiger partial charge in [-0.3, -0.25) is 14.5 Å². The molecule has 28 heavy (non-hydrogen) atoms. The van der Waals surface area contributed by atoms with Gasteiger partial charge in [0.2, 0.25) is 5.95 Å². The van der Waals surface area contributed by atoms with Gasteiger partial charge in [0.25, 0.3) is 0 Å². The molecule has 3 heterocycles. The Balaban J connectivity index is 1.44. The third-order valence-electron chi connectivity index (χ3n) is 5.29. The van der Waals surface area contributed by atoms with Crippen LogP contribution in [0.3, 0.4) is 0 Å². The molecule has 2 aromatic carbocycles. The Morgan fingerprint density at radius 1 is 0.821 bits per heavy atom. The number of imidazole rings is 1. The van der Waals surface area contributed by atoms with Gasteiger partial charge in [-0.05, 0) is 35.7 Å². The summed E-state index contributed by atoms with van der Waals surface area (Å²) >= 11 is 0. The molecule has 0 bridgehead atoms. The second-order valence-electron chi connectivity index (χ2n) is 7.30. The molecule has 140 valence electrons. The van der Waals surface area contributed by atoms with Gasteiger partial charge in [-0.1, -0.05) is 48.5 Å². The Morgan fingerprint density at radius 2 is 1.64 bits per heavy atom. The lowest BCUT2D eigenvalue weighted by molar-refractivity contribution is 0.200. The molecule has 0 radical (unpaired) electrons. The number of hydrogen-bond acceptors (Lipinski definition) is 4. The monoisotopic (exact) mass is 369 g/mol. The van der Waals surface area contributed by atoms with Crippen molar-refractivity contribution in [3.8, 4) is 0 Å². The van der Waals surface area contributed by atoms with Gasteiger partial charge in [-0.2, -0.15) is 0 Å². The van der Waals surface area contributed by atoms with E-state index >= 15 is 0 Å². The number of fused-ring (bicyclic) bond motifs is 3. The average molecular weight is 369 g/mol. The summed E-state index contributed by atoms with van der Waals surface area (Å²) in [6, 6.07) is 23.2. The molecule has 1 aliphatic rings. The quantitative estimate of drug-likeness (QED) is 0.534. The molecule has 0 saturated carbocycles. The zero-order chi connectivity index (χ0) is 18.8. The van der Waals surface area contributed by atoms with E-state index in [1.165, 1.54) is 16.6 Å². The lowest BCUT2D eigenvalue weighted by Crippen LogP contribution is -2.45. The van der Waals surface area contributed by atoms with Gasteiger partial charge in [0.15, 0.2) is 0 Å². The summed E-state index contributed by atoms with van der Waals surface area (Å²) in [5.41, 5.74) is 4.82. The van der Waals surface area contributed by atoms with Crippen molar-refractivity contribution >= 4 is 17.0 Å². The summed E-state index contributed by atoms with van der Waals surface area (Å²) in [6.07, 6.45) is 4.81. The van der Waals surface area contributed by atoms with Crippen LogP contribution in [0.2, 0.25) is 0 Å². The summed E-state index contributed by atoms with van der Waals surface area (Å²) in [5.74, 6) is 1.04. The molecule has 0 saturated heterocycles. The summed E-state index contributed by atoms with van der Waals surface area (Å²) in [6.45, 7) is 3.55. The van der Waals surface area contributed by atoms with Crippen LogP contribution < -0.4 is 4.90 Å². The first kappa shape index (κ1) is 17.0. The second-order valence-corrected chi connectivity index (χ2v) is 7.30. The van der Waals surface area contributed by atoms with Crippen LogP contribution in [0.15, 0.2) is 79.1 Å². The molecule has 1 aliphatic heterocycles. The lowest BCUT2D eigenvalue weighted by Gasteiger charge is -2.37. The van der Waals surface area contributed by atoms with Gasteiger partial charge in [-0.15, -0.1) is 0 Å². The first-order valence-corrected chi connectivity index (χ1v) is 9.72. The highest BCUT2D eigenvalue weighted by atomic mass is 15.5. The minimum atomic E-state index is 0.805. The lowest BCUT2D eigenvalue weighted by atomic mass is 10.1. The van der Waals surface area contributed by atoms with E-state index in [2.05, 4.69) is 80.0 Å². The predicted octanol–water partition coefficient (Wildman–Crippen LogP) is 3.91. The van der Waals surface area contributed by atoms with Crippen molar-refractivity contribution in [3.05, 3.63) is 90.3 Å². The number of aromatic nitrogens is 3. The fourth-order valence-electron chi connectivity index (χ4n) is 3.90. The fraction of sp³-hybridized carbons (Fsp3) is 0.217. The van der Waals surface area contributed by atoms with E-state index < -0.39 is 0 Å². The van der Waals surface area contributed by atoms with Gasteiger partial charge >= 0.3 is 0 Å². The number of anilines is 1. The number of pyridine rings is 1. The number of rotatable bonds is 5. The highest BCUT2D eigenvalue weighted by Gasteiger charge is 2.25. The van der Waals surface area contributed by atoms with Crippen molar-refractivity contribution < 1.29 is 0 Å². The summed E-state index contributed by atoms with van der Waals surface area (Å²) < 4.78 is 2.33. The SMILES string of the molecule is c1ccc(CCN2CN(Cc3cccnc3)c3nc4ccccc4n3C2)cc1. The first-order chi connectivity index (χ1) is 13.9. The van der Waals surface area contributed by atoms with Gasteiger partial charge in [-0.25, -0.2) is 4.98 Å². The van der Waals surface area contributed by atoms with E-state index in [0.717, 1.165) is 44.3 Å². The first-order valence-electron chi connectivity index (χ1n) is 9.72. The highest BCUT2D eigenvalue weighted by molar-refractivity contribution is 5.79. The maximum atomic E-state index is 4.93. The summed E-state index contributed by atoms with van der Waals surface area (Å²) in [5, 5.41) is 0. The minimum Gasteiger partial charge on any atom is -0.325 e. The third-order valence-corrected chi connectivity index (χ3v) is 5.29. The molecule has 4 aromatic rings. The molecular formula is C23H23N5. The van der Waals surface area contributed by atoms with Crippen LogP contribution in [0.5, 0.6) is 0 Å². The van der Waals surface area contributed by atoms with Gasteiger partial charge in [0.05, 0.1) is 24.4 Å². The molecule has 0 fully saturated rings. The Labute approximate surface area is 164 Å². The maximum absolute atomic E-state index is 4.93. The zero-order valence-corrected chi connectivity index (χ0v) is 15.8. The largest absolute Gasteiger partial charge is 0.325 e. The third kappa shape index (κ3) is 3.37. The molecule has 5 nitrogen and oxygen atoms in total. The maximum Gasteiger partial charge on any atom is 0.209 e. The molecule has 0 atom stereocenters. The molecule has 0 aliphatic carbocycles. The van der Waals surface area contributed by atoms with E-state index in [-0.39, 0.29) is 0 Å². The molecule has 0 amide bonds. The standard InChI is InChI=1S/C23H23N5/c1-2-7-19(8-3-1)12-14-26-17-27(16-20-9-6-13-24-15-20)23-25-21-10-4-5-11-22(21)28(23)18-26/h1-11,13,15H,12,14,16-18H2. The molecule has 5 rings (SSSR count). The van der Waals surface area contributed by atoms with Crippen LogP contribution in [0.25, 0.3) is 11.0 Å². The van der Waals surface area contributed by atoms with Crippen molar-refractivity contribution in [3.63, 3.8) is 0 Å². The normalized spacial score (nSPS) is 14.4. The number of hydrogen-bond donors (Lipinski definition) is 0. The zero-order valence-electron chi connectivity index (χ0n) is 15.8. The highest BCUT2D eigenvalue weighted by Crippen LogP contribution is 2.28. The topological polar surface area (TPSA) is 37.2 Å². The van der Waals surface area contributed by atoms with Crippen LogP contribution in [0, 0.1) is 0 Å². The van der Waals surface area contributed by atoms with Crippen molar-refractivity contribution in [2.75, 3.05) is 18.1 Å². The molecule has 5 heteroatoms. The number of benzene rings is 2. The second kappa shape index (κ2) is 7.44. The van der Waals surface area contributed by atoms with E-state index in [1.54, 1.807) is 0 Å². The molecule has 2 aromatic heterocycles. The van der Waals surface area contributed by atoms with Crippen LogP contribution in [0.1, 0.15) is 11.1 Å². The minimum absolute atomic E-state index is 0.805. The van der Waals surface area contributed by atoms with Gasteiger partial charge < -0.3 is 4.90 Å². The Morgan fingerprint density at radius 3 is 2.50 bits per heavy atom. The summed E-state index contributed by atoms with van der Waals surface area (Å²) in [4.78, 5) is 14.0. The predicted molar refractivity (Wildman–Crippen MR) is 112 cm³/mol. The van der Waals surface area contributed by atoms with Crippen molar-refractivity contribution in [1.29, 1.82) is 0 Å². The average Bonchev–Trinajstić information content (AvgIpc) is 3.13. The van der Waals surface area contributed by atoms with E-state index in [9.17, 15) is 0 Å². The van der Waals surface area contributed by atoms with Gasteiger partial charge in [0.1, 0.15) is 0 Å². The molecule has 0 unspecified atom stereocenters. The smallest absolute Gasteiger partial charge is 0.209 e. The number of para-hydroxylation sites is 2. The van der Waals surface area contributed by atoms with Crippen LogP contribution in [0.4, 0.5) is 5.95 Å².